The number of aliphatic hydroxyl groups is 1. The number of rotatable bonds is 2. The van der Waals surface area contributed by atoms with E-state index in [1.54, 1.807) is 0 Å². The average Bonchev–Trinajstić information content (AvgIpc) is 2.91. The standard InChI is InChI=1S/C7H10NO.C5H5.Fe/c1-8-7-4-2-3-6(7)5-9;1-2-4-5-3-1;/h2-4,8-9H,5H2,1H3;1-5H;/q-1;-5;. The van der Waals surface area contributed by atoms with E-state index in [4.69, 9.17) is 5.11 Å². The number of nitrogens with one attached hydrogen (secondary N) is 1. The van der Waals surface area contributed by atoms with Gasteiger partial charge in [0.25, 0.3) is 0 Å². The fraction of sp³-hybridized carbons (Fsp3) is 0.167. The first-order valence-corrected chi connectivity index (χ1v) is 4.58. The molecule has 0 bridgehead atoms. The van der Waals surface area contributed by atoms with Crippen LogP contribution in [0.15, 0.2) is 48.5 Å². The molecule has 3 heteroatoms. The first-order valence-electron chi connectivity index (χ1n) is 4.58. The van der Waals surface area contributed by atoms with Crippen LogP contribution >= 0.6 is 0 Å². The summed E-state index contributed by atoms with van der Waals surface area (Å²) in [7, 11) is 1.84. The minimum Gasteiger partial charge on any atom is -0.748 e. The van der Waals surface area contributed by atoms with Crippen LogP contribution in [0, 0.1) is 0 Å². The third-order valence-electron chi connectivity index (χ3n) is 1.90. The van der Waals surface area contributed by atoms with Crippen LogP contribution in [0.2, 0.25) is 0 Å². The van der Waals surface area contributed by atoms with Crippen molar-refractivity contribution < 1.29 is 22.2 Å². The van der Waals surface area contributed by atoms with E-state index in [1.807, 2.05) is 55.6 Å². The second-order valence-electron chi connectivity index (χ2n) is 2.84. The summed E-state index contributed by atoms with van der Waals surface area (Å²) in [4.78, 5) is 0. The molecule has 2 aromatic carbocycles. The first-order chi connectivity index (χ1) is 6.88. The molecule has 0 saturated carbocycles. The van der Waals surface area contributed by atoms with Gasteiger partial charge in [-0.2, -0.15) is 6.07 Å². The summed E-state index contributed by atoms with van der Waals surface area (Å²) in [5, 5.41) is 11.7. The summed E-state index contributed by atoms with van der Waals surface area (Å²) < 4.78 is 0. The summed E-state index contributed by atoms with van der Waals surface area (Å²) in [6.07, 6.45) is 0. The van der Waals surface area contributed by atoms with Gasteiger partial charge in [-0.1, -0.05) is 5.69 Å². The largest absolute Gasteiger partial charge is 0.748 e. The van der Waals surface area contributed by atoms with Crippen LogP contribution in [0.1, 0.15) is 5.56 Å². The number of hydrogen-bond acceptors (Lipinski definition) is 2. The van der Waals surface area contributed by atoms with Crippen molar-refractivity contribution in [2.75, 3.05) is 12.4 Å². The molecule has 0 radical (unpaired) electrons. The van der Waals surface area contributed by atoms with E-state index < -0.39 is 0 Å². The molecule has 2 rings (SSSR count). The third kappa shape index (κ3) is 4.84. The monoisotopic (exact) mass is 245 g/mol. The van der Waals surface area contributed by atoms with Crippen molar-refractivity contribution in [1.82, 2.24) is 0 Å². The predicted octanol–water partition coefficient (Wildman–Crippen LogP) is 2.34. The minimum atomic E-state index is 0. The van der Waals surface area contributed by atoms with Gasteiger partial charge in [-0.15, -0.1) is 5.56 Å². The molecule has 0 atom stereocenters. The van der Waals surface area contributed by atoms with Crippen LogP contribution in [0.25, 0.3) is 0 Å². The summed E-state index contributed by atoms with van der Waals surface area (Å²) in [6, 6.07) is 15.7. The van der Waals surface area contributed by atoms with E-state index in [0.29, 0.717) is 0 Å². The van der Waals surface area contributed by atoms with Crippen LogP contribution in [0.5, 0.6) is 0 Å². The number of hydrogen-bond donors (Lipinski definition) is 2. The predicted molar refractivity (Wildman–Crippen MR) is 59.5 cm³/mol. The molecular weight excluding hydrogens is 230 g/mol. The van der Waals surface area contributed by atoms with Crippen LogP contribution < -0.4 is 5.32 Å². The van der Waals surface area contributed by atoms with Gasteiger partial charge in [0.1, 0.15) is 0 Å². The van der Waals surface area contributed by atoms with E-state index in [0.717, 1.165) is 11.3 Å². The molecule has 2 aromatic rings. The van der Waals surface area contributed by atoms with Gasteiger partial charge in [0.2, 0.25) is 0 Å². The molecule has 0 aliphatic heterocycles. The van der Waals surface area contributed by atoms with Crippen molar-refractivity contribution in [2.45, 2.75) is 6.61 Å². The second kappa shape index (κ2) is 8.30. The average molecular weight is 245 g/mol. The fourth-order valence-corrected chi connectivity index (χ4v) is 1.16. The molecule has 2 nitrogen and oxygen atoms in total. The maximum atomic E-state index is 8.70. The van der Waals surface area contributed by atoms with E-state index in [9.17, 15) is 0 Å². The van der Waals surface area contributed by atoms with Crippen molar-refractivity contribution in [1.29, 1.82) is 0 Å². The minimum absolute atomic E-state index is 0. The smallest absolute Gasteiger partial charge is 0.0471 e. The summed E-state index contributed by atoms with van der Waals surface area (Å²) in [5.41, 5.74) is 1.97. The van der Waals surface area contributed by atoms with Crippen LogP contribution in [-0.4, -0.2) is 12.2 Å². The summed E-state index contributed by atoms with van der Waals surface area (Å²) in [6.45, 7) is 0.114. The van der Waals surface area contributed by atoms with Crippen molar-refractivity contribution in [2.24, 2.45) is 0 Å². The Morgan fingerprint density at radius 3 is 2.13 bits per heavy atom. The zero-order valence-corrected chi connectivity index (χ0v) is 9.73. The Morgan fingerprint density at radius 1 is 1.27 bits per heavy atom. The topological polar surface area (TPSA) is 32.3 Å². The van der Waals surface area contributed by atoms with Crippen LogP contribution in [-0.2, 0) is 23.7 Å². The van der Waals surface area contributed by atoms with Gasteiger partial charge in [0, 0.05) is 23.7 Å². The van der Waals surface area contributed by atoms with E-state index in [2.05, 4.69) is 5.32 Å². The molecule has 2 N–H and O–H groups in total. The van der Waals surface area contributed by atoms with Gasteiger partial charge in [-0.25, -0.2) is 12.1 Å². The van der Waals surface area contributed by atoms with Crippen molar-refractivity contribution in [3.05, 3.63) is 54.1 Å². The van der Waals surface area contributed by atoms with Gasteiger partial charge in [0.05, 0.1) is 0 Å². The first kappa shape index (κ1) is 14.0. The van der Waals surface area contributed by atoms with Gasteiger partial charge >= 0.3 is 0 Å². The van der Waals surface area contributed by atoms with Crippen molar-refractivity contribution >= 4 is 5.69 Å². The Kier molecular flexibility index (Phi) is 7.74. The molecule has 0 heterocycles. The summed E-state index contributed by atoms with van der Waals surface area (Å²) in [5.74, 6) is 0. The Balaban J connectivity index is 0.000000280. The van der Waals surface area contributed by atoms with E-state index >= 15 is 0 Å². The zero-order chi connectivity index (χ0) is 10.2. The quantitative estimate of drug-likeness (QED) is 0.628. The Bertz CT molecular complexity index is 291. The molecule has 15 heavy (non-hydrogen) atoms. The van der Waals surface area contributed by atoms with E-state index in [-0.39, 0.29) is 23.7 Å². The van der Waals surface area contributed by atoms with Gasteiger partial charge in [0.15, 0.2) is 0 Å². The Hall–Kier alpha value is -1.02. The molecule has 0 aromatic heterocycles. The van der Waals surface area contributed by atoms with E-state index in [1.165, 1.54) is 0 Å². The number of anilines is 1. The summed E-state index contributed by atoms with van der Waals surface area (Å²) >= 11 is 0. The molecular formula is C12H15FeNO-6. The maximum Gasteiger partial charge on any atom is 0.0471 e. The molecule has 88 valence electrons. The molecule has 0 aliphatic carbocycles. The van der Waals surface area contributed by atoms with Gasteiger partial charge in [-0.05, 0) is 7.05 Å². The van der Waals surface area contributed by atoms with Crippen LogP contribution in [0.4, 0.5) is 5.69 Å². The zero-order valence-electron chi connectivity index (χ0n) is 8.63. The molecule has 0 fully saturated rings. The number of aliphatic hydroxyl groups excluding tert-OH is 1. The molecule has 0 amide bonds. The Morgan fingerprint density at radius 2 is 1.80 bits per heavy atom. The molecule has 0 aliphatic rings. The third-order valence-corrected chi connectivity index (χ3v) is 1.90. The molecule has 0 spiro atoms. The van der Waals surface area contributed by atoms with Gasteiger partial charge in [-0.3, -0.25) is 0 Å². The molecule has 0 saturated heterocycles. The molecule has 0 unspecified atom stereocenters. The van der Waals surface area contributed by atoms with Crippen LogP contribution in [0.3, 0.4) is 0 Å². The second-order valence-corrected chi connectivity index (χ2v) is 2.84. The van der Waals surface area contributed by atoms with Crippen molar-refractivity contribution in [3.63, 3.8) is 0 Å². The fourth-order valence-electron chi connectivity index (χ4n) is 1.16. The SMILES string of the molecule is CN[c-]1cccc1CO.[Fe].[cH-]1[cH-][cH-][cH-][cH-]1. The maximum absolute atomic E-state index is 8.70. The van der Waals surface area contributed by atoms with Gasteiger partial charge < -0.3 is 40.8 Å². The van der Waals surface area contributed by atoms with Crippen molar-refractivity contribution in [3.8, 4) is 0 Å². The normalized spacial score (nSPS) is 8.40. The Labute approximate surface area is 101 Å².